The van der Waals surface area contributed by atoms with Crippen LogP contribution in [0.1, 0.15) is 42.5 Å². The number of H-pyrrole nitrogens is 2. The Morgan fingerprint density at radius 1 is 1.07 bits per heavy atom. The number of aryl methyl sites for hydroxylation is 1. The highest BCUT2D eigenvalue weighted by Crippen LogP contribution is 2.56. The molecule has 0 radical (unpaired) electrons. The van der Waals surface area contributed by atoms with Crippen molar-refractivity contribution in [2.45, 2.75) is 70.3 Å². The van der Waals surface area contributed by atoms with Crippen LogP contribution in [0, 0.1) is 13.8 Å². The molecule has 3 heterocycles. The average Bonchev–Trinajstić information content (AvgIpc) is 2.95. The Bertz CT molecular complexity index is 1780. The molecule has 0 fully saturated rings. The fourth-order valence-electron chi connectivity index (χ4n) is 6.46. The Labute approximate surface area is 258 Å². The number of hydrogen-bond acceptors (Lipinski definition) is 10. The summed E-state index contributed by atoms with van der Waals surface area (Å²) in [6.07, 6.45) is -5.12. The van der Waals surface area contributed by atoms with Crippen molar-refractivity contribution in [3.8, 4) is 0 Å². The van der Waals surface area contributed by atoms with Crippen LogP contribution in [0.25, 0.3) is 0 Å². The number of aromatic amines is 2. The number of aliphatic hydroxyl groups is 3. The molecule has 14 nitrogen and oxygen atoms in total. The molecule has 15 heteroatoms. The Kier molecular flexibility index (Phi) is 8.70. The number of carbonyl (C=O) groups is 1. The number of hydrogen-bond donors (Lipinski definition) is 7. The molecule has 0 bridgehead atoms. The molecule has 0 amide bonds. The van der Waals surface area contributed by atoms with E-state index < -0.39 is 62.0 Å². The van der Waals surface area contributed by atoms with Gasteiger partial charge in [-0.25, -0.2) is 9.36 Å². The van der Waals surface area contributed by atoms with Crippen LogP contribution in [-0.4, -0.2) is 78.4 Å². The quantitative estimate of drug-likeness (QED) is 0.156. The van der Waals surface area contributed by atoms with Crippen LogP contribution in [0.3, 0.4) is 0 Å². The number of phosphoric ester groups is 1. The molecular formula is C30H37N4O10P. The molecule has 7 N–H and O–H groups in total. The number of rotatable bonds is 10. The standard InChI is InChI=1S/C30H37N4O10P/c1-15-10-18-24-23(16(15)2)30(3,4)12-19(20(35)11-17-8-6-5-7-9-17)34(24)25-27(31-29(40)32-28(25)39)33(18)13-21(36)26(38)22(37)14-44-45(41,42)43/h5-10,19,21-22,26,36-38H,11-14H2,1-4H3,(H2,41,42,43)(H2,31,32,39,40). The maximum absolute atomic E-state index is 14.1. The van der Waals surface area contributed by atoms with E-state index in [1.807, 2.05) is 58.0 Å². The van der Waals surface area contributed by atoms with Gasteiger partial charge < -0.3 is 34.9 Å². The molecule has 4 atom stereocenters. The molecule has 5 rings (SSSR count). The number of aliphatic hydroxyl groups excluding tert-OH is 3. The molecule has 3 aromatic rings. The number of fused-ring (bicyclic) bond motifs is 2. The van der Waals surface area contributed by atoms with E-state index in [-0.39, 0.29) is 23.7 Å². The molecule has 0 spiro atoms. The Hall–Kier alpha value is -3.62. The molecule has 1 aromatic heterocycles. The zero-order chi connectivity index (χ0) is 33.0. The van der Waals surface area contributed by atoms with Crippen molar-refractivity contribution >= 4 is 36.5 Å². The topological polar surface area (TPSA) is 217 Å². The number of nitrogens with zero attached hydrogens (tertiary/aromatic N) is 2. The zero-order valence-corrected chi connectivity index (χ0v) is 26.1. The van der Waals surface area contributed by atoms with Gasteiger partial charge >= 0.3 is 13.5 Å². The van der Waals surface area contributed by atoms with Crippen LogP contribution >= 0.6 is 7.82 Å². The fourth-order valence-corrected chi connectivity index (χ4v) is 6.80. The summed E-state index contributed by atoms with van der Waals surface area (Å²) in [6, 6.07) is 10.2. The number of nitrogens with one attached hydrogen (secondary N) is 2. The highest BCUT2D eigenvalue weighted by molar-refractivity contribution is 7.46. The number of aromatic nitrogens is 2. The first-order valence-electron chi connectivity index (χ1n) is 14.4. The van der Waals surface area contributed by atoms with Crippen molar-refractivity contribution in [2.24, 2.45) is 0 Å². The normalized spacial score (nSPS) is 19.0. The minimum atomic E-state index is -4.97. The maximum Gasteiger partial charge on any atom is 0.469 e. The SMILES string of the molecule is Cc1cc2c3c(c1C)C(C)(C)CC(C(=O)Cc1ccccc1)N3c1c([nH]c(=O)[nH]c1=O)N2CC(O)C(O)C(O)COP(=O)(O)O. The second-order valence-electron chi connectivity index (χ2n) is 12.3. The van der Waals surface area contributed by atoms with E-state index in [1.165, 1.54) is 4.90 Å². The second kappa shape index (κ2) is 12.0. The maximum atomic E-state index is 14.1. The van der Waals surface area contributed by atoms with Crippen molar-refractivity contribution in [3.05, 3.63) is 79.5 Å². The van der Waals surface area contributed by atoms with Gasteiger partial charge in [0.15, 0.2) is 5.78 Å². The lowest BCUT2D eigenvalue weighted by Crippen LogP contribution is -2.54. The van der Waals surface area contributed by atoms with Gasteiger partial charge in [-0.05, 0) is 54.0 Å². The summed E-state index contributed by atoms with van der Waals surface area (Å²) in [5, 5.41) is 32.0. The highest BCUT2D eigenvalue weighted by atomic mass is 31.2. The largest absolute Gasteiger partial charge is 0.469 e. The lowest BCUT2D eigenvalue weighted by molar-refractivity contribution is -0.120. The van der Waals surface area contributed by atoms with Crippen LogP contribution in [0.4, 0.5) is 22.9 Å². The minimum Gasteiger partial charge on any atom is -0.388 e. The van der Waals surface area contributed by atoms with Gasteiger partial charge in [-0.15, -0.1) is 0 Å². The predicted molar refractivity (Wildman–Crippen MR) is 165 cm³/mol. The lowest BCUT2D eigenvalue weighted by atomic mass is 9.70. The van der Waals surface area contributed by atoms with E-state index in [0.29, 0.717) is 17.8 Å². The smallest absolute Gasteiger partial charge is 0.388 e. The van der Waals surface area contributed by atoms with Gasteiger partial charge in [0.25, 0.3) is 5.56 Å². The summed E-state index contributed by atoms with van der Waals surface area (Å²) in [6.45, 7) is 6.43. The number of anilines is 4. The van der Waals surface area contributed by atoms with Crippen LogP contribution < -0.4 is 21.0 Å². The van der Waals surface area contributed by atoms with Gasteiger partial charge in [0.2, 0.25) is 0 Å². The second-order valence-corrected chi connectivity index (χ2v) is 13.5. The zero-order valence-electron chi connectivity index (χ0n) is 25.2. The summed E-state index contributed by atoms with van der Waals surface area (Å²) in [4.78, 5) is 66.2. The molecule has 0 aliphatic carbocycles. The number of ketones is 1. The number of β-amino-alcohol motifs (C(OH)–C–C–N with tert-alkyl or cyclic N) is 1. The van der Waals surface area contributed by atoms with E-state index >= 15 is 0 Å². The molecule has 2 aromatic carbocycles. The van der Waals surface area contributed by atoms with Crippen molar-refractivity contribution in [2.75, 3.05) is 23.0 Å². The number of phosphoric acid groups is 1. The Balaban J connectivity index is 1.66. The Morgan fingerprint density at radius 3 is 2.38 bits per heavy atom. The third-order valence-corrected chi connectivity index (χ3v) is 9.08. The van der Waals surface area contributed by atoms with Gasteiger partial charge in [0.1, 0.15) is 29.8 Å². The molecule has 0 saturated carbocycles. The first-order chi connectivity index (χ1) is 21.0. The van der Waals surface area contributed by atoms with Gasteiger partial charge in [0.05, 0.1) is 30.6 Å². The summed E-state index contributed by atoms with van der Waals surface area (Å²) < 4.78 is 15.4. The molecule has 0 saturated heterocycles. The minimum absolute atomic E-state index is 0.0272. The van der Waals surface area contributed by atoms with Crippen LogP contribution in [-0.2, 0) is 25.7 Å². The van der Waals surface area contributed by atoms with E-state index in [1.54, 1.807) is 11.0 Å². The molecule has 45 heavy (non-hydrogen) atoms. The van der Waals surface area contributed by atoms with Crippen LogP contribution in [0.5, 0.6) is 0 Å². The third-order valence-electron chi connectivity index (χ3n) is 8.60. The summed E-state index contributed by atoms with van der Waals surface area (Å²) in [5.41, 5.74) is 2.26. The summed E-state index contributed by atoms with van der Waals surface area (Å²) in [7, 11) is -4.97. The highest BCUT2D eigenvalue weighted by Gasteiger charge is 2.49. The molecular weight excluding hydrogens is 607 g/mol. The number of benzene rings is 2. The predicted octanol–water partition coefficient (Wildman–Crippen LogP) is 1.32. The summed E-state index contributed by atoms with van der Waals surface area (Å²) >= 11 is 0. The third kappa shape index (κ3) is 6.27. The van der Waals surface area contributed by atoms with Gasteiger partial charge in [-0.2, -0.15) is 0 Å². The van der Waals surface area contributed by atoms with Crippen molar-refractivity contribution < 1.29 is 39.0 Å². The molecule has 2 aliphatic rings. The van der Waals surface area contributed by atoms with Gasteiger partial charge in [0, 0.05) is 6.42 Å². The lowest BCUT2D eigenvalue weighted by Gasteiger charge is -2.51. The molecule has 4 unspecified atom stereocenters. The van der Waals surface area contributed by atoms with E-state index in [2.05, 4.69) is 14.5 Å². The van der Waals surface area contributed by atoms with E-state index in [0.717, 1.165) is 22.3 Å². The van der Waals surface area contributed by atoms with E-state index in [9.17, 15) is 34.3 Å². The number of Topliss-reactive ketones (excluding diaryl/α,β-unsaturated/α-hetero) is 1. The van der Waals surface area contributed by atoms with Crippen molar-refractivity contribution in [1.82, 2.24) is 9.97 Å². The first-order valence-corrected chi connectivity index (χ1v) is 15.9. The van der Waals surface area contributed by atoms with Crippen molar-refractivity contribution in [3.63, 3.8) is 0 Å². The fraction of sp³-hybridized carbons (Fsp3) is 0.433. The first kappa shape index (κ1) is 32.8. The van der Waals surface area contributed by atoms with Crippen LogP contribution in [0.2, 0.25) is 0 Å². The Morgan fingerprint density at radius 2 is 1.73 bits per heavy atom. The number of carbonyl (C=O) groups excluding carboxylic acids is 1. The van der Waals surface area contributed by atoms with Gasteiger partial charge in [-0.1, -0.05) is 44.2 Å². The monoisotopic (exact) mass is 644 g/mol. The van der Waals surface area contributed by atoms with Gasteiger partial charge in [-0.3, -0.25) is 24.1 Å². The van der Waals surface area contributed by atoms with Crippen molar-refractivity contribution in [1.29, 1.82) is 0 Å². The molecule has 242 valence electrons. The van der Waals surface area contributed by atoms with E-state index in [4.69, 9.17) is 9.79 Å². The average molecular weight is 645 g/mol. The molecule has 2 aliphatic heterocycles. The summed E-state index contributed by atoms with van der Waals surface area (Å²) in [5.74, 6) is -0.174. The van der Waals surface area contributed by atoms with Crippen LogP contribution in [0.15, 0.2) is 46.0 Å².